The molecule has 0 aromatic carbocycles. The van der Waals surface area contributed by atoms with Crippen LogP contribution in [0.1, 0.15) is 0 Å². The van der Waals surface area contributed by atoms with Crippen LogP contribution in [0.15, 0.2) is 23.4 Å². The van der Waals surface area contributed by atoms with Crippen LogP contribution in [-0.4, -0.2) is 6.54 Å². The summed E-state index contributed by atoms with van der Waals surface area (Å²) in [5.41, 5.74) is 1.10. The first kappa shape index (κ1) is 6.38. The van der Waals surface area contributed by atoms with Crippen LogP contribution in [-0.2, 0) is 0 Å². The second-order valence-corrected chi connectivity index (χ2v) is 1.87. The average Bonchev–Trinajstić information content (AvgIpc) is 2.05. The van der Waals surface area contributed by atoms with Crippen molar-refractivity contribution >= 4 is 0 Å². The van der Waals surface area contributed by atoms with E-state index in [0.29, 0.717) is 17.7 Å². The summed E-state index contributed by atoms with van der Waals surface area (Å²) in [6.45, 7) is 0.529. The molecule has 0 fully saturated rings. The van der Waals surface area contributed by atoms with Gasteiger partial charge in [0.05, 0.1) is 11.6 Å². The standard InChI is InChI=1S/C7H5N3/c8-2-6-1-7(3-9)5-10-4-6/h1,4,10H,5H2. The zero-order valence-corrected chi connectivity index (χ0v) is 5.26. The second kappa shape index (κ2) is 2.70. The maximum absolute atomic E-state index is 8.41. The number of rotatable bonds is 0. The van der Waals surface area contributed by atoms with Crippen LogP contribution >= 0.6 is 0 Å². The van der Waals surface area contributed by atoms with Gasteiger partial charge < -0.3 is 5.32 Å². The molecule has 1 aliphatic rings. The van der Waals surface area contributed by atoms with Crippen molar-refractivity contribution < 1.29 is 0 Å². The van der Waals surface area contributed by atoms with Crippen molar-refractivity contribution in [2.45, 2.75) is 0 Å². The predicted molar refractivity (Wildman–Crippen MR) is 35.4 cm³/mol. The Labute approximate surface area is 58.9 Å². The van der Waals surface area contributed by atoms with Crippen molar-refractivity contribution in [2.75, 3.05) is 6.54 Å². The number of nitriles is 2. The minimum atomic E-state index is 0.503. The largest absolute Gasteiger partial charge is 0.385 e. The van der Waals surface area contributed by atoms with Gasteiger partial charge >= 0.3 is 0 Å². The van der Waals surface area contributed by atoms with Gasteiger partial charge in [0.2, 0.25) is 0 Å². The van der Waals surface area contributed by atoms with Crippen molar-refractivity contribution in [3.63, 3.8) is 0 Å². The lowest BCUT2D eigenvalue weighted by molar-refractivity contribution is 0.934. The molecule has 10 heavy (non-hydrogen) atoms. The van der Waals surface area contributed by atoms with Crippen molar-refractivity contribution in [1.82, 2.24) is 5.32 Å². The number of hydrogen-bond acceptors (Lipinski definition) is 3. The lowest BCUT2D eigenvalue weighted by atomic mass is 10.1. The van der Waals surface area contributed by atoms with Gasteiger partial charge in [0.1, 0.15) is 6.07 Å². The van der Waals surface area contributed by atoms with Crippen molar-refractivity contribution in [3.8, 4) is 12.1 Å². The average molecular weight is 131 g/mol. The maximum Gasteiger partial charge on any atom is 0.101 e. The normalized spacial score (nSPS) is 15.4. The Morgan fingerprint density at radius 2 is 2.20 bits per heavy atom. The van der Waals surface area contributed by atoms with E-state index >= 15 is 0 Å². The monoisotopic (exact) mass is 131 g/mol. The number of allylic oxidation sites excluding steroid dienone is 2. The molecule has 1 aliphatic heterocycles. The van der Waals surface area contributed by atoms with Crippen molar-refractivity contribution in [3.05, 3.63) is 23.4 Å². The number of nitrogens with zero attached hydrogens (tertiary/aromatic N) is 2. The van der Waals surface area contributed by atoms with Crippen LogP contribution in [0.3, 0.4) is 0 Å². The van der Waals surface area contributed by atoms with Gasteiger partial charge in [-0.25, -0.2) is 0 Å². The quantitative estimate of drug-likeness (QED) is 0.519. The summed E-state index contributed by atoms with van der Waals surface area (Å²) < 4.78 is 0. The lowest BCUT2D eigenvalue weighted by Crippen LogP contribution is -2.13. The molecule has 0 aromatic heterocycles. The molecule has 3 nitrogen and oxygen atoms in total. The number of nitrogens with one attached hydrogen (secondary N) is 1. The van der Waals surface area contributed by atoms with E-state index in [1.807, 2.05) is 12.1 Å². The highest BCUT2D eigenvalue weighted by Gasteiger charge is 2.01. The Morgan fingerprint density at radius 1 is 1.40 bits per heavy atom. The van der Waals surface area contributed by atoms with Gasteiger partial charge in [0, 0.05) is 18.3 Å². The summed E-state index contributed by atoms with van der Waals surface area (Å²) in [5.74, 6) is 0. The Balaban J connectivity index is 2.86. The highest BCUT2D eigenvalue weighted by molar-refractivity contribution is 5.42. The molecule has 0 radical (unpaired) electrons. The SMILES string of the molecule is N#CC1=CNCC(C#N)=C1. The fourth-order valence-electron chi connectivity index (χ4n) is 0.688. The Bertz CT molecular complexity index is 272. The minimum absolute atomic E-state index is 0.503. The molecule has 0 unspecified atom stereocenters. The molecule has 0 atom stereocenters. The number of dihydropyridines is 1. The Kier molecular flexibility index (Phi) is 1.72. The number of hydrogen-bond donors (Lipinski definition) is 1. The fraction of sp³-hybridized carbons (Fsp3) is 0.143. The van der Waals surface area contributed by atoms with E-state index in [1.165, 1.54) is 0 Å². The zero-order chi connectivity index (χ0) is 7.40. The molecule has 1 rings (SSSR count). The van der Waals surface area contributed by atoms with E-state index in [0.717, 1.165) is 0 Å². The highest BCUT2D eigenvalue weighted by Crippen LogP contribution is 2.03. The molecular weight excluding hydrogens is 126 g/mol. The molecule has 0 saturated carbocycles. The first-order valence-electron chi connectivity index (χ1n) is 2.81. The van der Waals surface area contributed by atoms with Crippen LogP contribution in [0.2, 0.25) is 0 Å². The molecule has 0 spiro atoms. The van der Waals surface area contributed by atoms with Crippen molar-refractivity contribution in [2.24, 2.45) is 0 Å². The smallest absolute Gasteiger partial charge is 0.101 e. The summed E-state index contributed by atoms with van der Waals surface area (Å²) in [6.07, 6.45) is 3.18. The summed E-state index contributed by atoms with van der Waals surface area (Å²) in [5, 5.41) is 19.6. The van der Waals surface area contributed by atoms with Crippen LogP contribution in [0.4, 0.5) is 0 Å². The van der Waals surface area contributed by atoms with Crippen LogP contribution in [0.5, 0.6) is 0 Å². The van der Waals surface area contributed by atoms with E-state index in [4.69, 9.17) is 10.5 Å². The Morgan fingerprint density at radius 3 is 2.80 bits per heavy atom. The third-order valence-corrected chi connectivity index (χ3v) is 1.15. The molecule has 1 N–H and O–H groups in total. The van der Waals surface area contributed by atoms with E-state index in [1.54, 1.807) is 12.3 Å². The highest BCUT2D eigenvalue weighted by atomic mass is 14.8. The molecule has 0 bridgehead atoms. The molecule has 0 aromatic rings. The van der Waals surface area contributed by atoms with Gasteiger partial charge in [-0.15, -0.1) is 0 Å². The van der Waals surface area contributed by atoms with Crippen LogP contribution in [0, 0.1) is 22.7 Å². The van der Waals surface area contributed by atoms with Crippen LogP contribution in [0.25, 0.3) is 0 Å². The first-order valence-corrected chi connectivity index (χ1v) is 2.81. The zero-order valence-electron chi connectivity index (χ0n) is 5.26. The van der Waals surface area contributed by atoms with E-state index in [9.17, 15) is 0 Å². The van der Waals surface area contributed by atoms with Crippen molar-refractivity contribution in [1.29, 1.82) is 10.5 Å². The minimum Gasteiger partial charge on any atom is -0.385 e. The summed E-state index contributed by atoms with van der Waals surface area (Å²) in [4.78, 5) is 0. The van der Waals surface area contributed by atoms with E-state index in [2.05, 4.69) is 5.32 Å². The van der Waals surface area contributed by atoms with E-state index < -0.39 is 0 Å². The molecule has 3 heteroatoms. The van der Waals surface area contributed by atoms with Gasteiger partial charge in [-0.3, -0.25) is 0 Å². The molecular formula is C7H5N3. The molecule has 0 saturated heterocycles. The summed E-state index contributed by atoms with van der Waals surface area (Å²) in [7, 11) is 0. The van der Waals surface area contributed by atoms with Gasteiger partial charge in [-0.05, 0) is 6.08 Å². The molecule has 1 heterocycles. The maximum atomic E-state index is 8.41. The fourth-order valence-corrected chi connectivity index (χ4v) is 0.688. The van der Waals surface area contributed by atoms with Gasteiger partial charge in [-0.1, -0.05) is 0 Å². The third-order valence-electron chi connectivity index (χ3n) is 1.15. The third kappa shape index (κ3) is 1.15. The topological polar surface area (TPSA) is 59.6 Å². The second-order valence-electron chi connectivity index (χ2n) is 1.87. The molecule has 0 amide bonds. The van der Waals surface area contributed by atoms with Gasteiger partial charge in [-0.2, -0.15) is 10.5 Å². The first-order chi connectivity index (χ1) is 4.86. The van der Waals surface area contributed by atoms with Gasteiger partial charge in [0.25, 0.3) is 0 Å². The summed E-state index contributed by atoms with van der Waals surface area (Å²) >= 11 is 0. The molecule has 0 aliphatic carbocycles. The lowest BCUT2D eigenvalue weighted by Gasteiger charge is -2.04. The van der Waals surface area contributed by atoms with E-state index in [-0.39, 0.29) is 0 Å². The summed E-state index contributed by atoms with van der Waals surface area (Å²) in [6, 6.07) is 3.91. The predicted octanol–water partition coefficient (Wildman–Crippen LogP) is 0.447. The Hall–Kier alpha value is -1.74. The molecule has 48 valence electrons. The van der Waals surface area contributed by atoms with Crippen LogP contribution < -0.4 is 5.32 Å². The van der Waals surface area contributed by atoms with Gasteiger partial charge in [0.15, 0.2) is 0 Å².